The average molecular weight is 449 g/mol. The lowest BCUT2D eigenvalue weighted by molar-refractivity contribution is 0.156. The number of halogens is 2. The lowest BCUT2D eigenvalue weighted by atomic mass is 9.87. The number of guanidine groups is 1. The molecule has 5 nitrogen and oxygen atoms in total. The monoisotopic (exact) mass is 449 g/mol. The molecule has 1 aromatic rings. The summed E-state index contributed by atoms with van der Waals surface area (Å²) in [5, 5.41) is 3.34. The minimum Gasteiger partial charge on any atom is -0.492 e. The first-order valence-corrected chi connectivity index (χ1v) is 8.13. The molecule has 134 valence electrons. The molecule has 0 amide bonds. The van der Waals surface area contributed by atoms with E-state index in [4.69, 9.17) is 9.47 Å². The van der Waals surface area contributed by atoms with Gasteiger partial charge in [-0.15, -0.1) is 24.0 Å². The third-order valence-corrected chi connectivity index (χ3v) is 4.60. The molecule has 0 saturated carbocycles. The average Bonchev–Trinajstić information content (AvgIpc) is 3.20. The molecule has 0 aromatic heterocycles. The van der Waals surface area contributed by atoms with Crippen molar-refractivity contribution < 1.29 is 13.9 Å². The summed E-state index contributed by atoms with van der Waals surface area (Å²) in [5.41, 5.74) is 0.322. The second kappa shape index (κ2) is 8.84. The Bertz CT molecular complexity index is 547. The van der Waals surface area contributed by atoms with Gasteiger partial charge >= 0.3 is 0 Å². The summed E-state index contributed by atoms with van der Waals surface area (Å²) >= 11 is 0. The van der Waals surface area contributed by atoms with Gasteiger partial charge in [0.1, 0.15) is 18.2 Å². The summed E-state index contributed by atoms with van der Waals surface area (Å²) in [6, 6.07) is 6.06. The maximum absolute atomic E-state index is 12.8. The number of nitrogens with one attached hydrogen (secondary N) is 1. The molecule has 1 unspecified atom stereocenters. The molecule has 0 radical (unpaired) electrons. The van der Waals surface area contributed by atoms with Crippen molar-refractivity contribution in [3.63, 3.8) is 0 Å². The predicted molar refractivity (Wildman–Crippen MR) is 103 cm³/mol. The van der Waals surface area contributed by atoms with Crippen LogP contribution in [0.1, 0.15) is 12.8 Å². The Morgan fingerprint density at radius 1 is 1.38 bits per heavy atom. The van der Waals surface area contributed by atoms with E-state index in [1.807, 2.05) is 0 Å². The lowest BCUT2D eigenvalue weighted by Crippen LogP contribution is -2.42. The van der Waals surface area contributed by atoms with Crippen LogP contribution in [0.4, 0.5) is 4.39 Å². The van der Waals surface area contributed by atoms with Crippen LogP contribution in [0.3, 0.4) is 0 Å². The van der Waals surface area contributed by atoms with E-state index in [9.17, 15) is 4.39 Å². The van der Waals surface area contributed by atoms with E-state index in [0.29, 0.717) is 24.3 Å². The van der Waals surface area contributed by atoms with Crippen LogP contribution in [0, 0.1) is 11.2 Å². The quantitative estimate of drug-likeness (QED) is 0.332. The van der Waals surface area contributed by atoms with Crippen molar-refractivity contribution in [2.24, 2.45) is 10.4 Å². The molecule has 2 aliphatic rings. The Kier molecular flexibility index (Phi) is 7.09. The van der Waals surface area contributed by atoms with Crippen LogP contribution in [0.25, 0.3) is 0 Å². The fourth-order valence-corrected chi connectivity index (χ4v) is 3.28. The van der Waals surface area contributed by atoms with E-state index in [1.165, 1.54) is 18.6 Å². The summed E-state index contributed by atoms with van der Waals surface area (Å²) in [5.74, 6) is 1.33. The molecule has 1 spiro atoms. The molecule has 1 aromatic carbocycles. The van der Waals surface area contributed by atoms with E-state index < -0.39 is 0 Å². The van der Waals surface area contributed by atoms with Crippen LogP contribution in [0.5, 0.6) is 5.75 Å². The Labute approximate surface area is 159 Å². The Hall–Kier alpha value is -1.09. The van der Waals surface area contributed by atoms with Crippen molar-refractivity contribution >= 4 is 29.9 Å². The standard InChI is InChI=1S/C17H24FN3O2.HI/c1-19-16(21-9-6-17(12-21)7-10-22-13-17)20-8-11-23-15-4-2-14(18)3-5-15;/h2-5H,6-13H2,1H3,(H,19,20);1H. The molecule has 7 heteroatoms. The molecule has 2 heterocycles. The third kappa shape index (κ3) is 4.72. The fourth-order valence-electron chi connectivity index (χ4n) is 3.28. The number of hydrogen-bond acceptors (Lipinski definition) is 3. The molecule has 1 N–H and O–H groups in total. The van der Waals surface area contributed by atoms with Gasteiger partial charge < -0.3 is 19.7 Å². The highest BCUT2D eigenvalue weighted by atomic mass is 127. The highest BCUT2D eigenvalue weighted by Gasteiger charge is 2.42. The van der Waals surface area contributed by atoms with Gasteiger partial charge in [0.25, 0.3) is 0 Å². The van der Waals surface area contributed by atoms with Crippen LogP contribution in [0.2, 0.25) is 0 Å². The highest BCUT2D eigenvalue weighted by Crippen LogP contribution is 2.38. The van der Waals surface area contributed by atoms with Crippen LogP contribution in [0.15, 0.2) is 29.3 Å². The van der Waals surface area contributed by atoms with Crippen LogP contribution < -0.4 is 10.1 Å². The smallest absolute Gasteiger partial charge is 0.193 e. The van der Waals surface area contributed by atoms with Gasteiger partial charge in [0, 0.05) is 32.2 Å². The van der Waals surface area contributed by atoms with Crippen molar-refractivity contribution in [2.75, 3.05) is 46.5 Å². The van der Waals surface area contributed by atoms with Gasteiger partial charge in [0.2, 0.25) is 0 Å². The first-order chi connectivity index (χ1) is 11.2. The number of rotatable bonds is 4. The first kappa shape index (κ1) is 19.2. The summed E-state index contributed by atoms with van der Waals surface area (Å²) in [4.78, 5) is 6.66. The zero-order valence-corrected chi connectivity index (χ0v) is 16.3. The Morgan fingerprint density at radius 3 is 2.83 bits per heavy atom. The minimum atomic E-state index is -0.255. The fraction of sp³-hybridized carbons (Fsp3) is 0.588. The zero-order chi connectivity index (χ0) is 16.1. The van der Waals surface area contributed by atoms with E-state index >= 15 is 0 Å². The van der Waals surface area contributed by atoms with E-state index in [1.54, 1.807) is 19.2 Å². The number of aliphatic imine (C=N–C) groups is 1. The number of nitrogens with zero attached hydrogens (tertiary/aromatic N) is 2. The first-order valence-electron chi connectivity index (χ1n) is 8.13. The number of benzene rings is 1. The summed E-state index contributed by atoms with van der Waals surface area (Å²) in [6.07, 6.45) is 2.31. The second-order valence-corrected chi connectivity index (χ2v) is 6.25. The summed E-state index contributed by atoms with van der Waals surface area (Å²) < 4.78 is 24.0. The van der Waals surface area contributed by atoms with Crippen LogP contribution in [-0.2, 0) is 4.74 Å². The van der Waals surface area contributed by atoms with E-state index in [0.717, 1.165) is 38.7 Å². The number of likely N-dealkylation sites (tertiary alicyclic amines) is 1. The SMILES string of the molecule is CN=C(NCCOc1ccc(F)cc1)N1CCC2(CCOC2)C1.I. The summed E-state index contributed by atoms with van der Waals surface area (Å²) in [6.45, 7) is 4.93. The molecule has 24 heavy (non-hydrogen) atoms. The van der Waals surface area contributed by atoms with Gasteiger partial charge in [-0.3, -0.25) is 4.99 Å². The second-order valence-electron chi connectivity index (χ2n) is 6.25. The maximum Gasteiger partial charge on any atom is 0.193 e. The molecular weight excluding hydrogens is 424 g/mol. The molecule has 1 atom stereocenters. The Morgan fingerprint density at radius 2 is 2.17 bits per heavy atom. The third-order valence-electron chi connectivity index (χ3n) is 4.60. The van der Waals surface area contributed by atoms with Gasteiger partial charge in [-0.25, -0.2) is 4.39 Å². The van der Waals surface area contributed by atoms with E-state index in [-0.39, 0.29) is 29.8 Å². The molecule has 2 aliphatic heterocycles. The topological polar surface area (TPSA) is 46.1 Å². The van der Waals surface area contributed by atoms with Gasteiger partial charge in [0.05, 0.1) is 13.2 Å². The molecule has 2 fully saturated rings. The predicted octanol–water partition coefficient (Wildman–Crippen LogP) is 2.51. The van der Waals surface area contributed by atoms with Crippen LogP contribution >= 0.6 is 24.0 Å². The minimum absolute atomic E-state index is 0. The van der Waals surface area contributed by atoms with Crippen molar-refractivity contribution in [1.82, 2.24) is 10.2 Å². The van der Waals surface area contributed by atoms with Crippen molar-refractivity contribution in [2.45, 2.75) is 12.8 Å². The molecule has 2 saturated heterocycles. The molecule has 0 aliphatic carbocycles. The molecule has 0 bridgehead atoms. The maximum atomic E-state index is 12.8. The van der Waals surface area contributed by atoms with Gasteiger partial charge in [-0.1, -0.05) is 0 Å². The van der Waals surface area contributed by atoms with Gasteiger partial charge in [-0.05, 0) is 37.1 Å². The van der Waals surface area contributed by atoms with E-state index in [2.05, 4.69) is 15.2 Å². The van der Waals surface area contributed by atoms with Crippen molar-refractivity contribution in [1.29, 1.82) is 0 Å². The summed E-state index contributed by atoms with van der Waals surface area (Å²) in [7, 11) is 1.80. The largest absolute Gasteiger partial charge is 0.492 e. The number of ether oxygens (including phenoxy) is 2. The van der Waals surface area contributed by atoms with Crippen molar-refractivity contribution in [3.8, 4) is 5.75 Å². The van der Waals surface area contributed by atoms with Gasteiger partial charge in [-0.2, -0.15) is 0 Å². The molecular formula is C17H25FIN3O2. The van der Waals surface area contributed by atoms with Gasteiger partial charge in [0.15, 0.2) is 5.96 Å². The number of hydrogen-bond donors (Lipinski definition) is 1. The zero-order valence-electron chi connectivity index (χ0n) is 14.0. The highest BCUT2D eigenvalue weighted by molar-refractivity contribution is 14.0. The normalized spacial score (nSPS) is 23.4. The Balaban J connectivity index is 0.00000208. The van der Waals surface area contributed by atoms with Crippen LogP contribution in [-0.4, -0.2) is 57.4 Å². The molecule has 3 rings (SSSR count). The lowest BCUT2D eigenvalue weighted by Gasteiger charge is -2.24. The van der Waals surface area contributed by atoms with Crippen molar-refractivity contribution in [3.05, 3.63) is 30.1 Å².